The Bertz CT molecular complexity index is 398. The highest BCUT2D eigenvalue weighted by molar-refractivity contribution is 5.54. The summed E-state index contributed by atoms with van der Waals surface area (Å²) in [5, 5.41) is 3.53. The Balaban J connectivity index is 2.01. The third kappa shape index (κ3) is 3.76. The van der Waals surface area contributed by atoms with E-state index in [9.17, 15) is 0 Å². The van der Waals surface area contributed by atoms with Crippen LogP contribution < -0.4 is 5.32 Å². The van der Waals surface area contributed by atoms with E-state index in [1.54, 1.807) is 0 Å². The van der Waals surface area contributed by atoms with Crippen LogP contribution in [0, 0.1) is 5.92 Å². The Morgan fingerprint density at radius 3 is 2.65 bits per heavy atom. The predicted octanol–water partition coefficient (Wildman–Crippen LogP) is 4.34. The smallest absolute Gasteiger partial charge is 0.0376 e. The van der Waals surface area contributed by atoms with Gasteiger partial charge >= 0.3 is 0 Å². The number of nitrogens with one attached hydrogen (secondary N) is 1. The molecule has 1 aromatic rings. The molecule has 1 atom stereocenters. The summed E-state index contributed by atoms with van der Waals surface area (Å²) in [5.74, 6) is 1.55. The topological polar surface area (TPSA) is 15.3 Å². The Morgan fingerprint density at radius 2 is 1.95 bits per heavy atom. The van der Waals surface area contributed by atoms with Gasteiger partial charge in [0.15, 0.2) is 0 Å². The summed E-state index contributed by atoms with van der Waals surface area (Å²) < 4.78 is 0. The highest BCUT2D eigenvalue weighted by Gasteiger charge is 2.22. The van der Waals surface area contributed by atoms with Gasteiger partial charge in [-0.25, -0.2) is 0 Å². The zero-order valence-corrected chi connectivity index (χ0v) is 13.4. The molecule has 1 aliphatic rings. The van der Waals surface area contributed by atoms with Gasteiger partial charge in [0.05, 0.1) is 0 Å². The van der Waals surface area contributed by atoms with Crippen LogP contribution in [-0.2, 0) is 0 Å². The molecule has 0 bridgehead atoms. The molecule has 0 aromatic heterocycles. The molecule has 1 aliphatic heterocycles. The first-order valence-corrected chi connectivity index (χ1v) is 8.33. The molecular formula is C18H30N2. The van der Waals surface area contributed by atoms with Crippen molar-refractivity contribution in [2.75, 3.05) is 31.5 Å². The van der Waals surface area contributed by atoms with Gasteiger partial charge < -0.3 is 10.2 Å². The number of nitrogens with zero attached hydrogens (tertiary/aromatic N) is 1. The van der Waals surface area contributed by atoms with E-state index in [1.165, 1.54) is 50.1 Å². The summed E-state index contributed by atoms with van der Waals surface area (Å²) in [6, 6.07) is 8.84. The fourth-order valence-corrected chi connectivity index (χ4v) is 3.30. The number of anilines is 1. The minimum atomic E-state index is 0.696. The van der Waals surface area contributed by atoms with E-state index in [4.69, 9.17) is 0 Å². The summed E-state index contributed by atoms with van der Waals surface area (Å²) in [6.45, 7) is 11.7. The van der Waals surface area contributed by atoms with Crippen molar-refractivity contribution >= 4 is 5.69 Å². The minimum Gasteiger partial charge on any atom is -0.385 e. The maximum atomic E-state index is 3.53. The summed E-state index contributed by atoms with van der Waals surface area (Å²) in [5.41, 5.74) is 2.86. The van der Waals surface area contributed by atoms with E-state index < -0.39 is 0 Å². The van der Waals surface area contributed by atoms with Crippen LogP contribution in [0.5, 0.6) is 0 Å². The molecule has 0 fully saturated rings. The van der Waals surface area contributed by atoms with Crippen LogP contribution >= 0.6 is 0 Å². The standard InChI is InChI=1S/C18H30N2/c1-4-15(5-2)13-20(6-3)14-16-11-12-19-18-10-8-7-9-17(16)18/h7-10,15-16,19H,4-6,11-14H2,1-3H3. The first-order valence-electron chi connectivity index (χ1n) is 8.33. The molecule has 0 radical (unpaired) electrons. The first kappa shape index (κ1) is 15.4. The van der Waals surface area contributed by atoms with Crippen molar-refractivity contribution in [2.24, 2.45) is 5.92 Å². The summed E-state index contributed by atoms with van der Waals surface area (Å²) in [7, 11) is 0. The van der Waals surface area contributed by atoms with E-state index in [-0.39, 0.29) is 0 Å². The molecular weight excluding hydrogens is 244 g/mol. The van der Waals surface area contributed by atoms with Gasteiger partial charge in [-0.1, -0.05) is 51.8 Å². The van der Waals surface area contributed by atoms with Crippen LogP contribution in [0.15, 0.2) is 24.3 Å². The number of likely N-dealkylation sites (N-methyl/N-ethyl adjacent to an activating group) is 1. The maximum absolute atomic E-state index is 3.53. The molecule has 1 unspecified atom stereocenters. The van der Waals surface area contributed by atoms with E-state index >= 15 is 0 Å². The van der Waals surface area contributed by atoms with Crippen molar-refractivity contribution in [1.29, 1.82) is 0 Å². The van der Waals surface area contributed by atoms with E-state index in [0.29, 0.717) is 5.92 Å². The van der Waals surface area contributed by atoms with Gasteiger partial charge in [0.1, 0.15) is 0 Å². The average Bonchev–Trinajstić information content (AvgIpc) is 2.51. The lowest BCUT2D eigenvalue weighted by molar-refractivity contribution is 0.218. The van der Waals surface area contributed by atoms with Crippen molar-refractivity contribution in [2.45, 2.75) is 46.0 Å². The molecule has 2 rings (SSSR count). The first-order chi connectivity index (χ1) is 9.78. The molecule has 0 saturated carbocycles. The fourth-order valence-electron chi connectivity index (χ4n) is 3.30. The summed E-state index contributed by atoms with van der Waals surface area (Å²) in [4.78, 5) is 2.66. The molecule has 0 amide bonds. The lowest BCUT2D eigenvalue weighted by Crippen LogP contribution is -2.34. The number of benzene rings is 1. The summed E-state index contributed by atoms with van der Waals surface area (Å²) in [6.07, 6.45) is 3.86. The largest absolute Gasteiger partial charge is 0.385 e. The Morgan fingerprint density at radius 1 is 1.20 bits per heavy atom. The number of fused-ring (bicyclic) bond motifs is 1. The molecule has 0 spiro atoms. The average molecular weight is 274 g/mol. The minimum absolute atomic E-state index is 0.696. The molecule has 112 valence electrons. The Kier molecular flexibility index (Phi) is 5.90. The Labute approximate surface area is 124 Å². The van der Waals surface area contributed by atoms with Crippen LogP contribution in [0.3, 0.4) is 0 Å². The van der Waals surface area contributed by atoms with Crippen molar-refractivity contribution < 1.29 is 0 Å². The van der Waals surface area contributed by atoms with Crippen molar-refractivity contribution in [1.82, 2.24) is 4.90 Å². The van der Waals surface area contributed by atoms with Gasteiger partial charge in [0, 0.05) is 31.2 Å². The molecule has 1 heterocycles. The van der Waals surface area contributed by atoms with Crippen molar-refractivity contribution in [3.05, 3.63) is 29.8 Å². The van der Waals surface area contributed by atoms with Gasteiger partial charge in [-0.05, 0) is 30.5 Å². The van der Waals surface area contributed by atoms with Crippen LogP contribution in [0.25, 0.3) is 0 Å². The summed E-state index contributed by atoms with van der Waals surface area (Å²) >= 11 is 0. The van der Waals surface area contributed by atoms with Gasteiger partial charge in [0.2, 0.25) is 0 Å². The van der Waals surface area contributed by atoms with E-state index in [1.807, 2.05) is 0 Å². The second-order valence-electron chi connectivity index (χ2n) is 6.03. The van der Waals surface area contributed by atoms with Gasteiger partial charge in [-0.3, -0.25) is 0 Å². The number of rotatable bonds is 7. The number of hydrogen-bond acceptors (Lipinski definition) is 2. The van der Waals surface area contributed by atoms with Crippen LogP contribution in [0.4, 0.5) is 5.69 Å². The van der Waals surface area contributed by atoms with Crippen LogP contribution in [-0.4, -0.2) is 31.1 Å². The lowest BCUT2D eigenvalue weighted by Gasteiger charge is -2.33. The third-order valence-electron chi connectivity index (χ3n) is 4.81. The van der Waals surface area contributed by atoms with E-state index in [0.717, 1.165) is 12.5 Å². The van der Waals surface area contributed by atoms with Crippen molar-refractivity contribution in [3.8, 4) is 0 Å². The highest BCUT2D eigenvalue weighted by atomic mass is 15.1. The third-order valence-corrected chi connectivity index (χ3v) is 4.81. The molecule has 20 heavy (non-hydrogen) atoms. The maximum Gasteiger partial charge on any atom is 0.0376 e. The molecule has 1 aromatic carbocycles. The molecule has 0 saturated heterocycles. The molecule has 2 heteroatoms. The van der Waals surface area contributed by atoms with Crippen LogP contribution in [0.2, 0.25) is 0 Å². The van der Waals surface area contributed by atoms with Gasteiger partial charge in [-0.15, -0.1) is 0 Å². The second kappa shape index (κ2) is 7.68. The lowest BCUT2D eigenvalue weighted by atomic mass is 9.90. The normalized spacial score (nSPS) is 18.1. The zero-order chi connectivity index (χ0) is 14.4. The molecule has 2 nitrogen and oxygen atoms in total. The monoisotopic (exact) mass is 274 g/mol. The van der Waals surface area contributed by atoms with Crippen molar-refractivity contribution in [3.63, 3.8) is 0 Å². The molecule has 1 N–H and O–H groups in total. The van der Waals surface area contributed by atoms with Gasteiger partial charge in [-0.2, -0.15) is 0 Å². The molecule has 0 aliphatic carbocycles. The van der Waals surface area contributed by atoms with Crippen LogP contribution in [0.1, 0.15) is 51.5 Å². The Hall–Kier alpha value is -1.02. The number of para-hydroxylation sites is 1. The fraction of sp³-hybridized carbons (Fsp3) is 0.667. The number of hydrogen-bond donors (Lipinski definition) is 1. The predicted molar refractivity (Wildman–Crippen MR) is 88.5 cm³/mol. The highest BCUT2D eigenvalue weighted by Crippen LogP contribution is 2.32. The van der Waals surface area contributed by atoms with E-state index in [2.05, 4.69) is 55.3 Å². The SMILES string of the molecule is CCC(CC)CN(CC)CC1CCNc2ccccc21. The van der Waals surface area contributed by atoms with Gasteiger partial charge in [0.25, 0.3) is 0 Å². The zero-order valence-electron chi connectivity index (χ0n) is 13.4. The quantitative estimate of drug-likeness (QED) is 0.795. The second-order valence-corrected chi connectivity index (χ2v) is 6.03.